The Morgan fingerprint density at radius 2 is 1.79 bits per heavy atom. The third-order valence-corrected chi connectivity index (χ3v) is 3.44. The van der Waals surface area contributed by atoms with Crippen molar-refractivity contribution < 1.29 is 4.79 Å². The summed E-state index contributed by atoms with van der Waals surface area (Å²) < 4.78 is 1.35. The van der Waals surface area contributed by atoms with E-state index >= 15 is 0 Å². The van der Waals surface area contributed by atoms with Gasteiger partial charge in [0.1, 0.15) is 5.69 Å². The van der Waals surface area contributed by atoms with Gasteiger partial charge in [0.15, 0.2) is 0 Å². The van der Waals surface area contributed by atoms with Crippen LogP contribution in [-0.4, -0.2) is 27.2 Å². The molecule has 3 aromatic rings. The Hall–Kier alpha value is -3.28. The summed E-state index contributed by atoms with van der Waals surface area (Å²) in [4.78, 5) is 27.8. The lowest BCUT2D eigenvalue weighted by Gasteiger charge is -2.08. The van der Waals surface area contributed by atoms with Crippen molar-refractivity contribution in [3.63, 3.8) is 0 Å². The van der Waals surface area contributed by atoms with Crippen LogP contribution in [0.5, 0.6) is 0 Å². The van der Waals surface area contributed by atoms with Crippen molar-refractivity contribution in [3.05, 3.63) is 82.9 Å². The minimum Gasteiger partial charge on any atom is -0.349 e. The highest BCUT2D eigenvalue weighted by Crippen LogP contribution is 2.13. The maximum Gasteiger partial charge on any atom is 0.269 e. The van der Waals surface area contributed by atoms with Crippen LogP contribution in [0.25, 0.3) is 11.3 Å². The molecule has 2 aromatic heterocycles. The number of hydrogen-bond donors (Lipinski definition) is 1. The number of nitrogens with one attached hydrogen (secondary N) is 1. The SMILES string of the molecule is O=C(NCCn1nc(-c2ccccc2)ccc1=O)c1ccccn1. The molecule has 2 heterocycles. The number of carbonyl (C=O) groups is 1. The zero-order valence-corrected chi connectivity index (χ0v) is 12.9. The highest BCUT2D eigenvalue weighted by Gasteiger charge is 2.06. The second-order valence-electron chi connectivity index (χ2n) is 5.12. The molecule has 0 atom stereocenters. The van der Waals surface area contributed by atoms with Gasteiger partial charge in [-0.15, -0.1) is 0 Å². The van der Waals surface area contributed by atoms with E-state index < -0.39 is 0 Å². The third-order valence-electron chi connectivity index (χ3n) is 3.44. The first-order chi connectivity index (χ1) is 11.7. The Morgan fingerprint density at radius 1 is 1.00 bits per heavy atom. The van der Waals surface area contributed by atoms with Crippen LogP contribution in [0.2, 0.25) is 0 Å². The van der Waals surface area contributed by atoms with Crippen molar-refractivity contribution in [2.75, 3.05) is 6.54 Å². The molecule has 0 aliphatic carbocycles. The van der Waals surface area contributed by atoms with E-state index in [1.54, 1.807) is 30.5 Å². The molecule has 1 aromatic carbocycles. The molecule has 0 fully saturated rings. The smallest absolute Gasteiger partial charge is 0.269 e. The molecule has 24 heavy (non-hydrogen) atoms. The van der Waals surface area contributed by atoms with E-state index in [0.29, 0.717) is 17.9 Å². The highest BCUT2D eigenvalue weighted by atomic mass is 16.2. The van der Waals surface area contributed by atoms with Gasteiger partial charge < -0.3 is 5.32 Å². The average molecular weight is 320 g/mol. The van der Waals surface area contributed by atoms with E-state index in [1.807, 2.05) is 30.3 Å². The number of benzene rings is 1. The Balaban J connectivity index is 1.67. The first kappa shape index (κ1) is 15.6. The summed E-state index contributed by atoms with van der Waals surface area (Å²) >= 11 is 0. The molecular formula is C18H16N4O2. The van der Waals surface area contributed by atoms with Crippen molar-refractivity contribution in [2.24, 2.45) is 0 Å². The molecule has 120 valence electrons. The normalized spacial score (nSPS) is 10.3. The third kappa shape index (κ3) is 3.73. The number of carbonyl (C=O) groups excluding carboxylic acids is 1. The molecule has 1 N–H and O–H groups in total. The molecule has 0 unspecified atom stereocenters. The second kappa shape index (κ2) is 7.32. The lowest BCUT2D eigenvalue weighted by atomic mass is 10.1. The average Bonchev–Trinajstić information content (AvgIpc) is 2.64. The van der Waals surface area contributed by atoms with Gasteiger partial charge in [0.05, 0.1) is 12.2 Å². The topological polar surface area (TPSA) is 76.9 Å². The quantitative estimate of drug-likeness (QED) is 0.777. The second-order valence-corrected chi connectivity index (χ2v) is 5.12. The van der Waals surface area contributed by atoms with Gasteiger partial charge in [0.2, 0.25) is 0 Å². The predicted molar refractivity (Wildman–Crippen MR) is 90.5 cm³/mol. The van der Waals surface area contributed by atoms with Gasteiger partial charge in [0.25, 0.3) is 11.5 Å². The number of rotatable bonds is 5. The lowest BCUT2D eigenvalue weighted by molar-refractivity contribution is 0.0947. The van der Waals surface area contributed by atoms with Crippen LogP contribution in [0.15, 0.2) is 71.7 Å². The number of nitrogens with zero attached hydrogens (tertiary/aromatic N) is 3. The molecular weight excluding hydrogens is 304 g/mol. The van der Waals surface area contributed by atoms with Gasteiger partial charge in [0, 0.05) is 24.4 Å². The molecule has 3 rings (SSSR count). The van der Waals surface area contributed by atoms with Crippen LogP contribution in [0.3, 0.4) is 0 Å². The molecule has 0 saturated carbocycles. The molecule has 0 saturated heterocycles. The maximum absolute atomic E-state index is 11.9. The van der Waals surface area contributed by atoms with Gasteiger partial charge in [-0.1, -0.05) is 36.4 Å². The van der Waals surface area contributed by atoms with Crippen molar-refractivity contribution in [2.45, 2.75) is 6.54 Å². The Bertz CT molecular complexity index is 876. The van der Waals surface area contributed by atoms with Crippen LogP contribution in [-0.2, 0) is 6.54 Å². The fourth-order valence-electron chi connectivity index (χ4n) is 2.23. The van der Waals surface area contributed by atoms with Gasteiger partial charge in [-0.3, -0.25) is 14.6 Å². The summed E-state index contributed by atoms with van der Waals surface area (Å²) in [6, 6.07) is 17.9. The summed E-state index contributed by atoms with van der Waals surface area (Å²) in [7, 11) is 0. The fraction of sp³-hybridized carbons (Fsp3) is 0.111. The van der Waals surface area contributed by atoms with Gasteiger partial charge in [-0.2, -0.15) is 5.10 Å². The summed E-state index contributed by atoms with van der Waals surface area (Å²) in [5, 5.41) is 7.08. The van der Waals surface area contributed by atoms with Crippen molar-refractivity contribution in [1.29, 1.82) is 0 Å². The van der Waals surface area contributed by atoms with Crippen molar-refractivity contribution in [3.8, 4) is 11.3 Å². The molecule has 0 bridgehead atoms. The summed E-state index contributed by atoms with van der Waals surface area (Å²) in [6.07, 6.45) is 1.56. The molecule has 0 aliphatic heterocycles. The number of aromatic nitrogens is 3. The van der Waals surface area contributed by atoms with Gasteiger partial charge >= 0.3 is 0 Å². The van der Waals surface area contributed by atoms with E-state index in [0.717, 1.165) is 5.56 Å². The van der Waals surface area contributed by atoms with E-state index in [9.17, 15) is 9.59 Å². The predicted octanol–water partition coefficient (Wildman–Crippen LogP) is 1.74. The summed E-state index contributed by atoms with van der Waals surface area (Å²) in [5.74, 6) is -0.275. The van der Waals surface area contributed by atoms with E-state index in [4.69, 9.17) is 0 Å². The highest BCUT2D eigenvalue weighted by molar-refractivity contribution is 5.92. The van der Waals surface area contributed by atoms with Crippen LogP contribution in [0.4, 0.5) is 0 Å². The van der Waals surface area contributed by atoms with E-state index in [-0.39, 0.29) is 18.0 Å². The fourth-order valence-corrected chi connectivity index (χ4v) is 2.23. The molecule has 0 spiro atoms. The number of pyridine rings is 1. The van der Waals surface area contributed by atoms with Crippen LogP contribution < -0.4 is 10.9 Å². The van der Waals surface area contributed by atoms with E-state index in [2.05, 4.69) is 15.4 Å². The maximum atomic E-state index is 11.9. The van der Waals surface area contributed by atoms with Crippen LogP contribution in [0, 0.1) is 0 Å². The van der Waals surface area contributed by atoms with Gasteiger partial charge in [-0.05, 0) is 18.2 Å². The summed E-state index contributed by atoms with van der Waals surface area (Å²) in [5.41, 5.74) is 1.78. The molecule has 1 amide bonds. The molecule has 0 radical (unpaired) electrons. The lowest BCUT2D eigenvalue weighted by Crippen LogP contribution is -2.32. The van der Waals surface area contributed by atoms with Crippen LogP contribution >= 0.6 is 0 Å². The van der Waals surface area contributed by atoms with Crippen molar-refractivity contribution in [1.82, 2.24) is 20.1 Å². The largest absolute Gasteiger partial charge is 0.349 e. The Morgan fingerprint density at radius 3 is 2.54 bits per heavy atom. The number of amides is 1. The summed E-state index contributed by atoms with van der Waals surface area (Å²) in [6.45, 7) is 0.582. The molecule has 6 nitrogen and oxygen atoms in total. The minimum absolute atomic E-state index is 0.207. The Labute approximate surface area is 138 Å². The standard InChI is InChI=1S/C18H16N4O2/c23-17-10-9-15(14-6-2-1-3-7-14)21-22(17)13-12-20-18(24)16-8-4-5-11-19-16/h1-11H,12-13H2,(H,20,24). The zero-order chi connectivity index (χ0) is 16.8. The van der Waals surface area contributed by atoms with Crippen molar-refractivity contribution >= 4 is 5.91 Å². The number of hydrogen-bond acceptors (Lipinski definition) is 4. The molecule has 0 aliphatic rings. The van der Waals surface area contributed by atoms with Crippen LogP contribution in [0.1, 0.15) is 10.5 Å². The van der Waals surface area contributed by atoms with E-state index in [1.165, 1.54) is 10.7 Å². The minimum atomic E-state index is -0.275. The zero-order valence-electron chi connectivity index (χ0n) is 12.9. The first-order valence-corrected chi connectivity index (χ1v) is 7.57. The van der Waals surface area contributed by atoms with Gasteiger partial charge in [-0.25, -0.2) is 4.68 Å². The monoisotopic (exact) mass is 320 g/mol. The molecule has 6 heteroatoms. The first-order valence-electron chi connectivity index (χ1n) is 7.57. The Kier molecular flexibility index (Phi) is 4.76.